The van der Waals surface area contributed by atoms with E-state index in [1.165, 1.54) is 0 Å². The number of halogens is 1. The predicted molar refractivity (Wildman–Crippen MR) is 98.1 cm³/mol. The monoisotopic (exact) mass is 390 g/mol. The molecule has 0 amide bonds. The van der Waals surface area contributed by atoms with Crippen LogP contribution in [0.2, 0.25) is 0 Å². The molecule has 0 bridgehead atoms. The van der Waals surface area contributed by atoms with Crippen molar-refractivity contribution in [1.82, 2.24) is 9.55 Å². The third-order valence-electron chi connectivity index (χ3n) is 4.05. The number of hydrogen-bond donors (Lipinski definition) is 3. The molecule has 0 spiro atoms. The molecule has 156 valence electrons. The summed E-state index contributed by atoms with van der Waals surface area (Å²) in [4.78, 5) is 24.2. The Morgan fingerprint density at radius 2 is 1.56 bits per heavy atom. The van der Waals surface area contributed by atoms with Crippen molar-refractivity contribution in [2.24, 2.45) is 0 Å². The largest absolute Gasteiger partial charge is 0.394 e. The van der Waals surface area contributed by atoms with Gasteiger partial charge < -0.3 is 19.7 Å². The van der Waals surface area contributed by atoms with E-state index in [9.17, 15) is 14.0 Å². The Balaban J connectivity index is 1.89. The lowest BCUT2D eigenvalue weighted by molar-refractivity contribution is 0.00525. The maximum atomic E-state index is 13.1. The molecule has 0 radical (unpaired) electrons. The van der Waals surface area contributed by atoms with Gasteiger partial charge in [0, 0.05) is 13.2 Å². The van der Waals surface area contributed by atoms with Gasteiger partial charge in [-0.25, -0.2) is 4.79 Å². The van der Waals surface area contributed by atoms with E-state index >= 15 is 0 Å². The lowest BCUT2D eigenvalue weighted by Crippen LogP contribution is -2.32. The van der Waals surface area contributed by atoms with Gasteiger partial charge in [0.1, 0.15) is 12.8 Å². The van der Waals surface area contributed by atoms with Crippen molar-refractivity contribution in [3.8, 4) is 0 Å². The molecule has 1 atom stereocenters. The van der Waals surface area contributed by atoms with E-state index in [4.69, 9.17) is 19.7 Å². The minimum atomic E-state index is -1.02. The summed E-state index contributed by atoms with van der Waals surface area (Å²) in [6.45, 7) is 0.921. The Hall–Kier alpha value is -1.55. The molecule has 3 N–H and O–H groups in total. The first-order chi connectivity index (χ1) is 13.0. The minimum Gasteiger partial charge on any atom is -0.394 e. The van der Waals surface area contributed by atoms with Gasteiger partial charge in [-0.1, -0.05) is 38.5 Å². The van der Waals surface area contributed by atoms with Crippen LogP contribution >= 0.6 is 0 Å². The zero-order valence-corrected chi connectivity index (χ0v) is 15.7. The predicted octanol–water partition coefficient (Wildman–Crippen LogP) is 1.14. The number of aliphatic hydroxyl groups is 2. The molecule has 1 rings (SSSR count). The number of aromatic amines is 1. The van der Waals surface area contributed by atoms with Gasteiger partial charge in [0.2, 0.25) is 5.82 Å². The Kier molecular flexibility index (Phi) is 12.6. The van der Waals surface area contributed by atoms with E-state index in [2.05, 4.69) is 0 Å². The summed E-state index contributed by atoms with van der Waals surface area (Å²) in [7, 11) is 0. The second kappa shape index (κ2) is 14.5. The average molecular weight is 390 g/mol. The lowest BCUT2D eigenvalue weighted by atomic mass is 10.1. The number of aliphatic hydroxyl groups excluding tert-OH is 2. The van der Waals surface area contributed by atoms with Crippen LogP contribution in [0.25, 0.3) is 0 Å². The normalized spacial score (nSPS) is 12.4. The van der Waals surface area contributed by atoms with Gasteiger partial charge >= 0.3 is 5.69 Å². The highest BCUT2D eigenvalue weighted by Crippen LogP contribution is 2.09. The van der Waals surface area contributed by atoms with E-state index in [0.717, 1.165) is 62.1 Å². The number of nitrogens with zero attached hydrogens (tertiary/aromatic N) is 1. The van der Waals surface area contributed by atoms with Crippen LogP contribution in [-0.2, 0) is 16.2 Å². The fourth-order valence-electron chi connectivity index (χ4n) is 2.48. The van der Waals surface area contributed by atoms with E-state index < -0.39 is 23.2 Å². The topological polar surface area (TPSA) is 114 Å². The van der Waals surface area contributed by atoms with Crippen LogP contribution in [0, 0.1) is 5.82 Å². The van der Waals surface area contributed by atoms with E-state index in [1.807, 2.05) is 4.98 Å². The number of rotatable bonds is 16. The summed E-state index contributed by atoms with van der Waals surface area (Å²) in [6, 6.07) is 0. The van der Waals surface area contributed by atoms with E-state index in [0.29, 0.717) is 13.2 Å². The fraction of sp³-hybridized carbons (Fsp3) is 0.778. The minimum absolute atomic E-state index is 0.0794. The summed E-state index contributed by atoms with van der Waals surface area (Å²) in [5.74, 6) is -1.01. The molecule has 27 heavy (non-hydrogen) atoms. The Labute approximate surface area is 157 Å². The van der Waals surface area contributed by atoms with Crippen LogP contribution in [-0.4, -0.2) is 52.3 Å². The van der Waals surface area contributed by atoms with Gasteiger partial charge in [-0.15, -0.1) is 0 Å². The first-order valence-electron chi connectivity index (χ1n) is 9.48. The Bertz CT molecular complexity index is 619. The molecule has 9 heteroatoms. The summed E-state index contributed by atoms with van der Waals surface area (Å²) >= 11 is 0. The SMILES string of the molecule is O=c1[nH]c(=O)n(COCCCCCCCCCCOCC(O)CO)cc1F. The number of nitrogens with one attached hydrogen (secondary N) is 1. The first-order valence-corrected chi connectivity index (χ1v) is 9.48. The maximum absolute atomic E-state index is 13.1. The van der Waals surface area contributed by atoms with Gasteiger partial charge in [-0.3, -0.25) is 14.3 Å². The smallest absolute Gasteiger partial charge is 0.330 e. The fourth-order valence-corrected chi connectivity index (χ4v) is 2.48. The molecule has 1 unspecified atom stereocenters. The second-order valence-electron chi connectivity index (χ2n) is 6.48. The van der Waals surface area contributed by atoms with Crippen LogP contribution in [0.5, 0.6) is 0 Å². The number of ether oxygens (including phenoxy) is 2. The van der Waals surface area contributed by atoms with Crippen molar-refractivity contribution in [2.75, 3.05) is 26.4 Å². The van der Waals surface area contributed by atoms with Crippen molar-refractivity contribution < 1.29 is 24.1 Å². The van der Waals surface area contributed by atoms with Crippen molar-refractivity contribution >= 4 is 0 Å². The third kappa shape index (κ3) is 11.0. The van der Waals surface area contributed by atoms with E-state index in [1.54, 1.807) is 0 Å². The highest BCUT2D eigenvalue weighted by molar-refractivity contribution is 4.86. The molecule has 0 saturated carbocycles. The molecule has 1 aromatic rings. The first kappa shape index (κ1) is 23.5. The van der Waals surface area contributed by atoms with Crippen LogP contribution in [0.15, 0.2) is 15.8 Å². The van der Waals surface area contributed by atoms with Crippen molar-refractivity contribution in [3.63, 3.8) is 0 Å². The van der Waals surface area contributed by atoms with Crippen LogP contribution in [0.3, 0.4) is 0 Å². The third-order valence-corrected chi connectivity index (χ3v) is 4.05. The molecule has 0 aliphatic rings. The zero-order chi connectivity index (χ0) is 19.9. The Morgan fingerprint density at radius 1 is 1.00 bits per heavy atom. The quantitative estimate of drug-likeness (QED) is 0.365. The summed E-state index contributed by atoms with van der Waals surface area (Å²) in [5.41, 5.74) is -1.71. The van der Waals surface area contributed by atoms with Gasteiger partial charge in [-0.05, 0) is 12.8 Å². The van der Waals surface area contributed by atoms with Gasteiger partial charge in [0.25, 0.3) is 5.56 Å². The standard InChI is InChI=1S/C18H31FN2O6/c19-16-11-21(18(25)20-17(16)24)14-27-10-8-6-4-2-1-3-5-7-9-26-13-15(23)12-22/h11,15,22-23H,1-10,12-14H2,(H,20,24,25). The molecule has 0 fully saturated rings. The average Bonchev–Trinajstić information content (AvgIpc) is 2.65. The van der Waals surface area contributed by atoms with Crippen molar-refractivity contribution in [3.05, 3.63) is 32.9 Å². The number of hydrogen-bond acceptors (Lipinski definition) is 6. The second-order valence-corrected chi connectivity index (χ2v) is 6.48. The molecule has 8 nitrogen and oxygen atoms in total. The summed E-state index contributed by atoms with van der Waals surface area (Å²) < 4.78 is 24.6. The highest BCUT2D eigenvalue weighted by atomic mass is 19.1. The van der Waals surface area contributed by atoms with Gasteiger partial charge in [0.15, 0.2) is 0 Å². The zero-order valence-electron chi connectivity index (χ0n) is 15.7. The van der Waals surface area contributed by atoms with Crippen LogP contribution in [0.4, 0.5) is 4.39 Å². The molecular formula is C18H31FN2O6. The maximum Gasteiger partial charge on any atom is 0.330 e. The Morgan fingerprint density at radius 3 is 2.15 bits per heavy atom. The molecule has 0 aliphatic heterocycles. The molecule has 1 heterocycles. The number of unbranched alkanes of at least 4 members (excludes halogenated alkanes) is 7. The molecular weight excluding hydrogens is 359 g/mol. The van der Waals surface area contributed by atoms with Crippen LogP contribution in [0.1, 0.15) is 51.4 Å². The summed E-state index contributed by atoms with van der Waals surface area (Å²) in [5, 5.41) is 17.7. The van der Waals surface area contributed by atoms with E-state index in [-0.39, 0.29) is 19.9 Å². The van der Waals surface area contributed by atoms with Crippen molar-refractivity contribution in [1.29, 1.82) is 0 Å². The lowest BCUT2D eigenvalue weighted by Gasteiger charge is -2.08. The molecule has 0 aromatic carbocycles. The molecule has 0 aliphatic carbocycles. The highest BCUT2D eigenvalue weighted by Gasteiger charge is 2.03. The molecule has 0 saturated heterocycles. The number of H-pyrrole nitrogens is 1. The number of aromatic nitrogens is 2. The van der Waals surface area contributed by atoms with Gasteiger partial charge in [-0.2, -0.15) is 4.39 Å². The van der Waals surface area contributed by atoms with Crippen LogP contribution < -0.4 is 11.2 Å². The molecule has 1 aromatic heterocycles. The summed E-state index contributed by atoms with van der Waals surface area (Å²) in [6.07, 6.45) is 8.55. The van der Waals surface area contributed by atoms with Gasteiger partial charge in [0.05, 0.1) is 19.4 Å². The van der Waals surface area contributed by atoms with Crippen molar-refractivity contribution in [2.45, 2.75) is 64.2 Å².